The minimum Gasteiger partial charge on any atom is -0.513 e. The number of aliphatic hydroxyl groups is 1. The smallest absolute Gasteiger partial charge is 0.246 e. The van der Waals surface area contributed by atoms with Gasteiger partial charge < -0.3 is 24.7 Å². The Morgan fingerprint density at radius 2 is 1.67 bits per heavy atom. The van der Waals surface area contributed by atoms with Crippen molar-refractivity contribution < 1.29 is 9.90 Å². The van der Waals surface area contributed by atoms with Gasteiger partial charge in [-0.2, -0.15) is 4.98 Å². The van der Waals surface area contributed by atoms with Crippen LogP contribution in [0.15, 0.2) is 48.8 Å². The number of rotatable bonds is 4. The first kappa shape index (κ1) is 28.7. The van der Waals surface area contributed by atoms with Crippen molar-refractivity contribution in [2.24, 2.45) is 0 Å². The van der Waals surface area contributed by atoms with Crippen molar-refractivity contribution in [3.8, 4) is 0 Å². The molecule has 0 spiro atoms. The van der Waals surface area contributed by atoms with Crippen LogP contribution in [0.1, 0.15) is 47.7 Å². The second-order valence-electron chi connectivity index (χ2n) is 12.1. The van der Waals surface area contributed by atoms with Gasteiger partial charge in [0.05, 0.1) is 11.5 Å². The molecule has 4 aliphatic rings. The molecule has 1 aliphatic carbocycles. The molecular weight excluding hydrogens is 526 g/mol. The van der Waals surface area contributed by atoms with Crippen LogP contribution in [0, 0.1) is 0 Å². The highest BCUT2D eigenvalue weighted by molar-refractivity contribution is 5.87. The minimum absolute atomic E-state index is 0.000851. The molecule has 0 saturated carbocycles. The number of piperazine rings is 1. The summed E-state index contributed by atoms with van der Waals surface area (Å²) in [5, 5.41) is 10.7. The summed E-state index contributed by atoms with van der Waals surface area (Å²) < 4.78 is 0. The highest BCUT2D eigenvalue weighted by atomic mass is 16.3. The highest BCUT2D eigenvalue weighted by Crippen LogP contribution is 2.36. The zero-order valence-electron chi connectivity index (χ0n) is 25.0. The molecule has 2 aromatic rings. The van der Waals surface area contributed by atoms with Gasteiger partial charge in [0.25, 0.3) is 0 Å². The molecule has 1 atom stereocenters. The Labute approximate surface area is 250 Å². The van der Waals surface area contributed by atoms with Crippen LogP contribution in [0.25, 0.3) is 0 Å². The fraction of sp³-hybridized carbons (Fsp3) is 0.545. The Hall–Kier alpha value is -3.43. The van der Waals surface area contributed by atoms with E-state index in [1.54, 1.807) is 0 Å². The number of aliphatic hydroxyl groups excluding tert-OH is 1. The van der Waals surface area contributed by atoms with E-state index in [0.29, 0.717) is 25.3 Å². The van der Waals surface area contributed by atoms with Crippen molar-refractivity contribution >= 4 is 17.7 Å². The Morgan fingerprint density at radius 1 is 0.929 bits per heavy atom. The number of fused-ring (bicyclic) bond motifs is 2. The largest absolute Gasteiger partial charge is 0.513 e. The van der Waals surface area contributed by atoms with Crippen molar-refractivity contribution in [3.63, 3.8) is 0 Å². The molecule has 1 aromatic heterocycles. The van der Waals surface area contributed by atoms with E-state index >= 15 is 0 Å². The third-order valence-electron chi connectivity index (χ3n) is 9.44. The van der Waals surface area contributed by atoms with Gasteiger partial charge >= 0.3 is 0 Å². The van der Waals surface area contributed by atoms with Crippen molar-refractivity contribution in [1.29, 1.82) is 0 Å². The monoisotopic (exact) mass is 571 g/mol. The topological polar surface area (TPSA) is 79.3 Å². The number of amides is 1. The molecule has 1 amide bonds. The van der Waals surface area contributed by atoms with E-state index in [0.717, 1.165) is 102 Å². The van der Waals surface area contributed by atoms with E-state index in [1.165, 1.54) is 22.8 Å². The number of carbonyl (C=O) groups excluding carboxylic acids is 1. The molecule has 1 aromatic carbocycles. The fourth-order valence-electron chi connectivity index (χ4n) is 7.04. The number of benzene rings is 1. The van der Waals surface area contributed by atoms with Crippen molar-refractivity contribution in [2.45, 2.75) is 44.6 Å². The lowest BCUT2D eigenvalue weighted by Gasteiger charge is -2.37. The molecule has 6 rings (SSSR count). The second-order valence-corrected chi connectivity index (χ2v) is 12.1. The summed E-state index contributed by atoms with van der Waals surface area (Å²) in [6, 6.07) is 8.78. The second kappa shape index (κ2) is 12.8. The average Bonchev–Trinajstić information content (AvgIpc) is 3.32. The van der Waals surface area contributed by atoms with Gasteiger partial charge in [0.2, 0.25) is 11.9 Å². The van der Waals surface area contributed by atoms with Crippen LogP contribution < -0.4 is 9.80 Å². The van der Waals surface area contributed by atoms with Gasteiger partial charge in [-0.05, 0) is 69.1 Å². The quantitative estimate of drug-likeness (QED) is 0.560. The van der Waals surface area contributed by atoms with Crippen LogP contribution >= 0.6 is 0 Å². The van der Waals surface area contributed by atoms with Gasteiger partial charge in [-0.1, -0.05) is 30.8 Å². The van der Waals surface area contributed by atoms with Gasteiger partial charge in [0.1, 0.15) is 5.82 Å². The SMILES string of the molecule is C=CC(=O)N1CCN(c2nc(N3CCCN(C)CCC3)nc3c2CCN(C2CC(O)=CCc4ccccc42)CC3)CC1. The maximum Gasteiger partial charge on any atom is 0.246 e. The van der Waals surface area contributed by atoms with Crippen molar-refractivity contribution in [3.05, 3.63) is 71.1 Å². The number of aromatic nitrogens is 2. The van der Waals surface area contributed by atoms with Crippen LogP contribution in [0.3, 0.4) is 0 Å². The molecule has 3 aliphatic heterocycles. The Kier molecular flexibility index (Phi) is 8.76. The zero-order valence-corrected chi connectivity index (χ0v) is 25.0. The van der Waals surface area contributed by atoms with Gasteiger partial charge in [-0.25, -0.2) is 4.98 Å². The fourth-order valence-corrected chi connectivity index (χ4v) is 7.04. The molecule has 9 nitrogen and oxygen atoms in total. The van der Waals surface area contributed by atoms with Crippen LogP contribution in [0.4, 0.5) is 11.8 Å². The molecule has 4 heterocycles. The third kappa shape index (κ3) is 6.17. The molecule has 2 saturated heterocycles. The first-order valence-electron chi connectivity index (χ1n) is 15.7. The number of hydrogen-bond donors (Lipinski definition) is 1. The summed E-state index contributed by atoms with van der Waals surface area (Å²) in [4.78, 5) is 34.4. The number of anilines is 2. The Bertz CT molecular complexity index is 1310. The standard InChI is InChI=1S/C33H45N7O2/c1-3-31(42)38-20-22-39(23-21-38)32-28-12-18-37(30-24-26(41)11-10-25-8-4-5-9-27(25)30)19-13-29(28)34-33(35-32)40-16-6-14-36(2)15-7-17-40/h3-5,8-9,11,30,41H,1,6-7,10,12-24H2,2H3. The van der Waals surface area contributed by atoms with E-state index in [4.69, 9.17) is 9.97 Å². The first-order chi connectivity index (χ1) is 20.5. The summed E-state index contributed by atoms with van der Waals surface area (Å²) in [6.07, 6.45) is 8.71. The lowest BCUT2D eigenvalue weighted by molar-refractivity contribution is -0.126. The van der Waals surface area contributed by atoms with Gasteiger partial charge in [-0.15, -0.1) is 0 Å². The molecule has 1 N–H and O–H groups in total. The van der Waals surface area contributed by atoms with E-state index in [2.05, 4.69) is 57.5 Å². The first-order valence-corrected chi connectivity index (χ1v) is 15.7. The lowest BCUT2D eigenvalue weighted by atomic mass is 9.97. The number of carbonyl (C=O) groups is 1. The summed E-state index contributed by atoms with van der Waals surface area (Å²) in [6.45, 7) is 12.4. The lowest BCUT2D eigenvalue weighted by Crippen LogP contribution is -2.49. The molecule has 2 fully saturated rings. The molecule has 0 bridgehead atoms. The maximum absolute atomic E-state index is 12.3. The van der Waals surface area contributed by atoms with E-state index in [9.17, 15) is 9.90 Å². The summed E-state index contributed by atoms with van der Waals surface area (Å²) in [5.74, 6) is 2.38. The molecule has 42 heavy (non-hydrogen) atoms. The van der Waals surface area contributed by atoms with Crippen LogP contribution in [0.5, 0.6) is 0 Å². The molecule has 9 heteroatoms. The van der Waals surface area contributed by atoms with Crippen LogP contribution in [-0.4, -0.2) is 108 Å². The predicted octanol–water partition coefficient (Wildman–Crippen LogP) is 3.37. The van der Waals surface area contributed by atoms with Crippen molar-refractivity contribution in [2.75, 3.05) is 82.3 Å². The minimum atomic E-state index is -0.000851. The highest BCUT2D eigenvalue weighted by Gasteiger charge is 2.31. The van der Waals surface area contributed by atoms with Gasteiger partial charge in [0, 0.05) is 76.8 Å². The average molecular weight is 572 g/mol. The maximum atomic E-state index is 12.3. The van der Waals surface area contributed by atoms with Gasteiger partial charge in [0.15, 0.2) is 0 Å². The number of allylic oxidation sites excluding steroid dienone is 1. The number of hydrogen-bond acceptors (Lipinski definition) is 8. The number of nitrogens with zero attached hydrogens (tertiary/aromatic N) is 7. The van der Waals surface area contributed by atoms with Crippen LogP contribution in [-0.2, 0) is 24.1 Å². The Balaban J connectivity index is 1.30. The normalized spacial score (nSPS) is 22.6. The molecule has 0 radical (unpaired) electrons. The van der Waals surface area contributed by atoms with Gasteiger partial charge in [-0.3, -0.25) is 9.69 Å². The summed E-state index contributed by atoms with van der Waals surface area (Å²) in [5.41, 5.74) is 5.02. The molecular formula is C33H45N7O2. The van der Waals surface area contributed by atoms with E-state index in [1.807, 2.05) is 11.0 Å². The van der Waals surface area contributed by atoms with E-state index < -0.39 is 0 Å². The van der Waals surface area contributed by atoms with Crippen LogP contribution in [0.2, 0.25) is 0 Å². The molecule has 1 unspecified atom stereocenters. The Morgan fingerprint density at radius 3 is 2.43 bits per heavy atom. The van der Waals surface area contributed by atoms with E-state index in [-0.39, 0.29) is 11.9 Å². The summed E-state index contributed by atoms with van der Waals surface area (Å²) >= 11 is 0. The summed E-state index contributed by atoms with van der Waals surface area (Å²) in [7, 11) is 2.21. The molecule has 224 valence electrons. The predicted molar refractivity (Wildman–Crippen MR) is 167 cm³/mol. The van der Waals surface area contributed by atoms with Crippen molar-refractivity contribution in [1.82, 2.24) is 24.7 Å². The zero-order chi connectivity index (χ0) is 29.1. The third-order valence-corrected chi connectivity index (χ3v) is 9.44.